The molecule has 0 aromatic carbocycles. The van der Waals surface area contributed by atoms with Gasteiger partial charge in [0, 0.05) is 12.6 Å². The van der Waals surface area contributed by atoms with Gasteiger partial charge in [0.25, 0.3) is 0 Å². The van der Waals surface area contributed by atoms with Crippen molar-refractivity contribution in [2.45, 2.75) is 31.4 Å². The summed E-state index contributed by atoms with van der Waals surface area (Å²) in [4.78, 5) is 12.0. The van der Waals surface area contributed by atoms with Crippen molar-refractivity contribution in [3.63, 3.8) is 0 Å². The van der Waals surface area contributed by atoms with E-state index in [0.29, 0.717) is 18.9 Å². The second-order valence-electron chi connectivity index (χ2n) is 3.73. The Morgan fingerprint density at radius 2 is 2.17 bits per heavy atom. The monoisotopic (exact) mass is 171 g/mol. The Balaban J connectivity index is 1.97. The molecule has 1 unspecified atom stereocenters. The third-order valence-corrected chi connectivity index (χ3v) is 3.01. The average molecular weight is 171 g/mol. The number of fused-ring (bicyclic) bond motifs is 1. The Morgan fingerprint density at radius 1 is 1.42 bits per heavy atom. The molecule has 2 fully saturated rings. The molecular formula is C8H13NO3. The summed E-state index contributed by atoms with van der Waals surface area (Å²) in [6.45, 7) is 0.673. The molecule has 0 bridgehead atoms. The van der Waals surface area contributed by atoms with Gasteiger partial charge >= 0.3 is 6.09 Å². The maximum absolute atomic E-state index is 10.6. The molecule has 0 aromatic rings. The summed E-state index contributed by atoms with van der Waals surface area (Å²) >= 11 is 0. The van der Waals surface area contributed by atoms with Crippen molar-refractivity contribution in [1.29, 1.82) is 0 Å². The van der Waals surface area contributed by atoms with E-state index < -0.39 is 6.09 Å². The van der Waals surface area contributed by atoms with E-state index in [1.165, 1.54) is 4.90 Å². The van der Waals surface area contributed by atoms with E-state index in [1.54, 1.807) is 0 Å². The van der Waals surface area contributed by atoms with Crippen LogP contribution in [0.3, 0.4) is 0 Å². The van der Waals surface area contributed by atoms with Gasteiger partial charge in [-0.25, -0.2) is 4.79 Å². The number of amides is 1. The molecule has 2 aliphatic rings. The van der Waals surface area contributed by atoms with Crippen molar-refractivity contribution in [3.05, 3.63) is 0 Å². The molecule has 0 radical (unpaired) electrons. The van der Waals surface area contributed by atoms with Gasteiger partial charge in [0.05, 0.1) is 6.10 Å². The minimum atomic E-state index is -0.842. The van der Waals surface area contributed by atoms with E-state index in [-0.39, 0.29) is 12.1 Å². The Hall–Kier alpha value is -0.770. The molecule has 2 N–H and O–H groups in total. The maximum atomic E-state index is 10.6. The molecular weight excluding hydrogens is 158 g/mol. The first-order chi connectivity index (χ1) is 5.68. The van der Waals surface area contributed by atoms with Crippen molar-refractivity contribution >= 4 is 6.09 Å². The molecule has 1 saturated carbocycles. The quantitative estimate of drug-likeness (QED) is 0.558. The minimum absolute atomic E-state index is 0.103. The van der Waals surface area contributed by atoms with Crippen LogP contribution < -0.4 is 0 Å². The summed E-state index contributed by atoms with van der Waals surface area (Å²) in [7, 11) is 0. The number of hydrogen-bond acceptors (Lipinski definition) is 2. The molecule has 4 heteroatoms. The van der Waals surface area contributed by atoms with Crippen molar-refractivity contribution in [1.82, 2.24) is 4.90 Å². The average Bonchev–Trinajstić information content (AvgIpc) is 1.95. The maximum Gasteiger partial charge on any atom is 0.407 e. The van der Waals surface area contributed by atoms with Crippen LogP contribution in [0.1, 0.15) is 19.3 Å². The standard InChI is InChI=1S/C8H13NO3/c10-6-2-1-5-4-9(8(11)12)7(5)3-6/h5-7,10H,1-4H2,(H,11,12)/t5-,6?,7-/m1/s1. The highest BCUT2D eigenvalue weighted by Crippen LogP contribution is 2.37. The highest BCUT2D eigenvalue weighted by molar-refractivity contribution is 5.66. The van der Waals surface area contributed by atoms with Gasteiger partial charge in [0.15, 0.2) is 0 Å². The van der Waals surface area contributed by atoms with Crippen LogP contribution in [0.25, 0.3) is 0 Å². The number of carbonyl (C=O) groups is 1. The van der Waals surface area contributed by atoms with Gasteiger partial charge in [-0.3, -0.25) is 0 Å². The molecule has 1 saturated heterocycles. The molecule has 68 valence electrons. The van der Waals surface area contributed by atoms with Crippen LogP contribution >= 0.6 is 0 Å². The fraction of sp³-hybridized carbons (Fsp3) is 0.875. The summed E-state index contributed by atoms with van der Waals surface area (Å²) in [5.41, 5.74) is 0. The van der Waals surface area contributed by atoms with Crippen molar-refractivity contribution in [2.24, 2.45) is 5.92 Å². The fourth-order valence-corrected chi connectivity index (χ4v) is 2.25. The molecule has 0 spiro atoms. The highest BCUT2D eigenvalue weighted by atomic mass is 16.4. The molecule has 1 aliphatic carbocycles. The van der Waals surface area contributed by atoms with Crippen LogP contribution in [0.4, 0.5) is 4.79 Å². The van der Waals surface area contributed by atoms with Crippen LogP contribution in [0, 0.1) is 5.92 Å². The predicted molar refractivity (Wildman–Crippen MR) is 41.9 cm³/mol. The number of aliphatic hydroxyl groups is 1. The molecule has 1 aliphatic heterocycles. The van der Waals surface area contributed by atoms with Crippen LogP contribution in [0.2, 0.25) is 0 Å². The third-order valence-electron chi connectivity index (χ3n) is 3.01. The number of rotatable bonds is 0. The van der Waals surface area contributed by atoms with Crippen molar-refractivity contribution < 1.29 is 15.0 Å². The lowest BCUT2D eigenvalue weighted by molar-refractivity contribution is -0.0406. The number of hydrogen-bond donors (Lipinski definition) is 2. The summed E-state index contributed by atoms with van der Waals surface area (Å²) in [5, 5.41) is 18.0. The Bertz CT molecular complexity index is 206. The van der Waals surface area contributed by atoms with Gasteiger partial charge in [0.2, 0.25) is 0 Å². The lowest BCUT2D eigenvalue weighted by Crippen LogP contribution is -2.61. The molecule has 1 amide bonds. The molecule has 2 rings (SSSR count). The highest BCUT2D eigenvalue weighted by Gasteiger charge is 2.44. The van der Waals surface area contributed by atoms with Gasteiger partial charge in [0.1, 0.15) is 0 Å². The Morgan fingerprint density at radius 3 is 2.83 bits per heavy atom. The van der Waals surface area contributed by atoms with Gasteiger partial charge < -0.3 is 15.1 Å². The summed E-state index contributed by atoms with van der Waals surface area (Å²) in [6.07, 6.45) is 1.33. The zero-order valence-electron chi connectivity index (χ0n) is 6.81. The fourth-order valence-electron chi connectivity index (χ4n) is 2.25. The van der Waals surface area contributed by atoms with E-state index >= 15 is 0 Å². The molecule has 12 heavy (non-hydrogen) atoms. The third kappa shape index (κ3) is 1.06. The normalized spacial score (nSPS) is 40.1. The Labute approximate surface area is 70.8 Å². The second-order valence-corrected chi connectivity index (χ2v) is 3.73. The first-order valence-electron chi connectivity index (χ1n) is 4.36. The lowest BCUT2D eigenvalue weighted by Gasteiger charge is -2.50. The van der Waals surface area contributed by atoms with Crippen LogP contribution in [0.5, 0.6) is 0 Å². The first kappa shape index (κ1) is 7.86. The topological polar surface area (TPSA) is 60.8 Å². The number of carboxylic acid groups (broad SMARTS) is 1. The zero-order valence-corrected chi connectivity index (χ0v) is 6.81. The molecule has 0 aromatic heterocycles. The van der Waals surface area contributed by atoms with E-state index in [1.807, 2.05) is 0 Å². The lowest BCUT2D eigenvalue weighted by atomic mass is 9.76. The first-order valence-corrected chi connectivity index (χ1v) is 4.36. The van der Waals surface area contributed by atoms with Crippen LogP contribution in [-0.2, 0) is 0 Å². The molecule has 1 heterocycles. The number of likely N-dealkylation sites (tertiary alicyclic amines) is 1. The SMILES string of the molecule is O=C(O)N1C[C@H]2CCC(O)C[C@H]21. The second kappa shape index (κ2) is 2.62. The number of nitrogens with zero attached hydrogens (tertiary/aromatic N) is 1. The van der Waals surface area contributed by atoms with Crippen LogP contribution in [-0.4, -0.2) is 39.9 Å². The van der Waals surface area contributed by atoms with Crippen molar-refractivity contribution in [3.8, 4) is 0 Å². The van der Waals surface area contributed by atoms with Crippen LogP contribution in [0.15, 0.2) is 0 Å². The van der Waals surface area contributed by atoms with Gasteiger partial charge in [-0.1, -0.05) is 0 Å². The molecule has 3 atom stereocenters. The predicted octanol–water partition coefficient (Wildman–Crippen LogP) is 0.510. The zero-order chi connectivity index (χ0) is 8.72. The summed E-state index contributed by atoms with van der Waals surface area (Å²) in [5.74, 6) is 0.518. The van der Waals surface area contributed by atoms with E-state index in [4.69, 9.17) is 5.11 Å². The van der Waals surface area contributed by atoms with Gasteiger partial charge in [-0.15, -0.1) is 0 Å². The Kier molecular flexibility index (Phi) is 1.72. The summed E-state index contributed by atoms with van der Waals surface area (Å²) in [6, 6.07) is 0.103. The molecule has 4 nitrogen and oxygen atoms in total. The van der Waals surface area contributed by atoms with Crippen molar-refractivity contribution in [2.75, 3.05) is 6.54 Å². The minimum Gasteiger partial charge on any atom is -0.465 e. The smallest absolute Gasteiger partial charge is 0.407 e. The number of aliphatic hydroxyl groups excluding tert-OH is 1. The van der Waals surface area contributed by atoms with E-state index in [0.717, 1.165) is 12.8 Å². The van der Waals surface area contributed by atoms with E-state index in [2.05, 4.69) is 0 Å². The van der Waals surface area contributed by atoms with Gasteiger partial charge in [-0.05, 0) is 25.2 Å². The van der Waals surface area contributed by atoms with Gasteiger partial charge in [-0.2, -0.15) is 0 Å². The van der Waals surface area contributed by atoms with E-state index in [9.17, 15) is 9.90 Å². The summed E-state index contributed by atoms with van der Waals surface area (Å²) < 4.78 is 0. The largest absolute Gasteiger partial charge is 0.465 e.